The zero-order chi connectivity index (χ0) is 16.5. The Labute approximate surface area is 126 Å². The summed E-state index contributed by atoms with van der Waals surface area (Å²) in [5, 5.41) is 12.2. The Bertz CT molecular complexity index is 710. The first kappa shape index (κ1) is 16.6. The van der Waals surface area contributed by atoms with E-state index < -0.39 is 22.7 Å². The first-order valence-corrected chi connectivity index (χ1v) is 7.98. The number of anilines is 1. The molecule has 1 aromatic rings. The molecule has 1 saturated carbocycles. The highest BCUT2D eigenvalue weighted by Gasteiger charge is 2.33. The largest absolute Gasteiger partial charge is 0.402 e. The molecule has 0 heterocycles. The lowest BCUT2D eigenvalue weighted by Crippen LogP contribution is -2.33. The number of nitrogens with zero attached hydrogens (tertiary/aromatic N) is 1. The molecular formula is C13H14F3N3O2S. The molecule has 1 aromatic carbocycles. The molecule has 0 saturated heterocycles. The minimum atomic E-state index is -4.64. The van der Waals surface area contributed by atoms with Crippen molar-refractivity contribution < 1.29 is 21.6 Å². The molecule has 9 heteroatoms. The fraction of sp³-hybridized carbons (Fsp3) is 0.462. The molecule has 5 nitrogen and oxygen atoms in total. The Kier molecular flexibility index (Phi) is 4.35. The van der Waals surface area contributed by atoms with E-state index in [0.29, 0.717) is 11.6 Å². The van der Waals surface area contributed by atoms with Gasteiger partial charge in [-0.25, -0.2) is 13.1 Å². The molecule has 0 aliphatic heterocycles. The van der Waals surface area contributed by atoms with Crippen LogP contribution in [0.2, 0.25) is 0 Å². The van der Waals surface area contributed by atoms with Crippen molar-refractivity contribution in [3.63, 3.8) is 0 Å². The summed E-state index contributed by atoms with van der Waals surface area (Å²) in [4.78, 5) is -0.373. The number of nitrogens with one attached hydrogen (secondary N) is 2. The standard InChI is InChI=1S/C13H14F3N3O2S/c1-8-4-12(8)19-11-3-2-10(5-9(11)6-17)22(20,21)18-7-13(14,15)16/h2-3,5,8,12,18-19H,4,7H2,1H3/t8-,12+/m0/s1. The Balaban J connectivity index is 2.20. The summed E-state index contributed by atoms with van der Waals surface area (Å²) in [6.45, 7) is 0.375. The lowest BCUT2D eigenvalue weighted by atomic mass is 10.2. The number of nitriles is 1. The van der Waals surface area contributed by atoms with E-state index in [1.807, 2.05) is 13.0 Å². The van der Waals surface area contributed by atoms with E-state index in [0.717, 1.165) is 12.5 Å². The lowest BCUT2D eigenvalue weighted by Gasteiger charge is -2.12. The van der Waals surface area contributed by atoms with Gasteiger partial charge in [-0.1, -0.05) is 6.92 Å². The number of sulfonamides is 1. The molecule has 1 aliphatic carbocycles. The molecule has 0 amide bonds. The third-order valence-corrected chi connectivity index (χ3v) is 4.73. The van der Waals surface area contributed by atoms with Gasteiger partial charge in [-0.3, -0.25) is 0 Å². The first-order valence-electron chi connectivity index (χ1n) is 6.49. The second kappa shape index (κ2) is 5.78. The van der Waals surface area contributed by atoms with E-state index in [-0.39, 0.29) is 16.5 Å². The number of rotatable bonds is 5. The summed E-state index contributed by atoms with van der Waals surface area (Å²) >= 11 is 0. The van der Waals surface area contributed by atoms with Crippen LogP contribution in [-0.4, -0.2) is 27.2 Å². The summed E-state index contributed by atoms with van der Waals surface area (Å²) in [6, 6.07) is 5.72. The fourth-order valence-corrected chi connectivity index (χ4v) is 2.93. The predicted molar refractivity (Wildman–Crippen MR) is 73.6 cm³/mol. The van der Waals surface area contributed by atoms with Crippen LogP contribution < -0.4 is 10.0 Å². The molecule has 2 rings (SSSR count). The number of hydrogen-bond acceptors (Lipinski definition) is 4. The maximum Gasteiger partial charge on any atom is 0.402 e. The smallest absolute Gasteiger partial charge is 0.381 e. The summed E-state index contributed by atoms with van der Waals surface area (Å²) in [7, 11) is -4.32. The molecule has 120 valence electrons. The van der Waals surface area contributed by atoms with Crippen LogP contribution in [0.5, 0.6) is 0 Å². The van der Waals surface area contributed by atoms with Gasteiger partial charge in [0.05, 0.1) is 16.1 Å². The second-order valence-electron chi connectivity index (χ2n) is 5.22. The van der Waals surface area contributed by atoms with Gasteiger partial charge in [-0.15, -0.1) is 0 Å². The van der Waals surface area contributed by atoms with E-state index in [2.05, 4.69) is 5.32 Å². The van der Waals surface area contributed by atoms with Crippen molar-refractivity contribution >= 4 is 15.7 Å². The summed E-state index contributed by atoms with van der Waals surface area (Å²) < 4.78 is 61.4. The molecular weight excluding hydrogens is 319 g/mol. The lowest BCUT2D eigenvalue weighted by molar-refractivity contribution is -0.121. The maximum absolute atomic E-state index is 12.1. The third-order valence-electron chi connectivity index (χ3n) is 3.33. The van der Waals surface area contributed by atoms with Crippen LogP contribution in [0.3, 0.4) is 0 Å². The quantitative estimate of drug-likeness (QED) is 0.866. The average Bonchev–Trinajstić information content (AvgIpc) is 3.11. The SMILES string of the molecule is C[C@H]1C[C@H]1Nc1ccc(S(=O)(=O)NCC(F)(F)F)cc1C#N. The topological polar surface area (TPSA) is 82.0 Å². The Morgan fingerprint density at radius 1 is 1.41 bits per heavy atom. The van der Waals surface area contributed by atoms with Crippen molar-refractivity contribution in [1.29, 1.82) is 5.26 Å². The van der Waals surface area contributed by atoms with Gasteiger partial charge in [0.25, 0.3) is 0 Å². The summed E-state index contributed by atoms with van der Waals surface area (Å²) in [6.07, 6.45) is -3.69. The molecule has 0 unspecified atom stereocenters. The average molecular weight is 333 g/mol. The molecule has 0 aromatic heterocycles. The van der Waals surface area contributed by atoms with Gasteiger partial charge in [-0.05, 0) is 30.5 Å². The van der Waals surface area contributed by atoms with Crippen molar-refractivity contribution in [1.82, 2.24) is 4.72 Å². The first-order chi connectivity index (χ1) is 10.1. The molecule has 0 bridgehead atoms. The van der Waals surface area contributed by atoms with Crippen LogP contribution in [0, 0.1) is 17.2 Å². The van der Waals surface area contributed by atoms with E-state index >= 15 is 0 Å². The minimum Gasteiger partial charge on any atom is -0.381 e. The van der Waals surface area contributed by atoms with Crippen molar-refractivity contribution in [3.05, 3.63) is 23.8 Å². The molecule has 2 atom stereocenters. The zero-order valence-corrected chi connectivity index (χ0v) is 12.4. The van der Waals surface area contributed by atoms with Gasteiger partial charge in [0.2, 0.25) is 10.0 Å². The second-order valence-corrected chi connectivity index (χ2v) is 6.99. The monoisotopic (exact) mass is 333 g/mol. The number of alkyl halides is 3. The minimum absolute atomic E-state index is 0.0778. The number of hydrogen-bond donors (Lipinski definition) is 2. The summed E-state index contributed by atoms with van der Waals surface area (Å²) in [5.41, 5.74) is 0.556. The van der Waals surface area contributed by atoms with Crippen LogP contribution in [0.25, 0.3) is 0 Å². The number of halogens is 3. The van der Waals surface area contributed by atoms with Crippen LogP contribution in [0.4, 0.5) is 18.9 Å². The van der Waals surface area contributed by atoms with Crippen LogP contribution in [-0.2, 0) is 10.0 Å². The van der Waals surface area contributed by atoms with E-state index in [4.69, 9.17) is 5.26 Å². The van der Waals surface area contributed by atoms with Crippen LogP contribution in [0.1, 0.15) is 18.9 Å². The fourth-order valence-electron chi connectivity index (χ4n) is 1.89. The van der Waals surface area contributed by atoms with Crippen molar-refractivity contribution in [2.75, 3.05) is 11.9 Å². The molecule has 2 N–H and O–H groups in total. The Hall–Kier alpha value is -1.79. The van der Waals surface area contributed by atoms with Gasteiger partial charge < -0.3 is 5.32 Å². The Morgan fingerprint density at radius 2 is 2.05 bits per heavy atom. The highest BCUT2D eigenvalue weighted by Crippen LogP contribution is 2.34. The van der Waals surface area contributed by atoms with Gasteiger partial charge in [0.15, 0.2) is 0 Å². The Morgan fingerprint density at radius 3 is 2.55 bits per heavy atom. The molecule has 1 fully saturated rings. The van der Waals surface area contributed by atoms with Gasteiger partial charge >= 0.3 is 6.18 Å². The van der Waals surface area contributed by atoms with Crippen LogP contribution >= 0.6 is 0 Å². The van der Waals surface area contributed by atoms with Gasteiger partial charge in [0.1, 0.15) is 12.6 Å². The highest BCUT2D eigenvalue weighted by atomic mass is 32.2. The van der Waals surface area contributed by atoms with Crippen molar-refractivity contribution in [3.8, 4) is 6.07 Å². The van der Waals surface area contributed by atoms with Crippen LogP contribution in [0.15, 0.2) is 23.1 Å². The zero-order valence-electron chi connectivity index (χ0n) is 11.6. The van der Waals surface area contributed by atoms with Crippen molar-refractivity contribution in [2.24, 2.45) is 5.92 Å². The van der Waals surface area contributed by atoms with Gasteiger partial charge in [-0.2, -0.15) is 18.4 Å². The molecule has 1 aliphatic rings. The van der Waals surface area contributed by atoms with Crippen molar-refractivity contribution in [2.45, 2.75) is 30.5 Å². The van der Waals surface area contributed by atoms with Gasteiger partial charge in [0, 0.05) is 6.04 Å². The molecule has 22 heavy (non-hydrogen) atoms. The van der Waals surface area contributed by atoms with E-state index in [1.54, 1.807) is 0 Å². The maximum atomic E-state index is 12.1. The third kappa shape index (κ3) is 4.11. The normalized spacial score (nSPS) is 21.2. The summed E-state index contributed by atoms with van der Waals surface area (Å²) in [5.74, 6) is 0.475. The van der Waals surface area contributed by atoms with E-state index in [9.17, 15) is 21.6 Å². The predicted octanol–water partition coefficient (Wildman–Crippen LogP) is 2.22. The highest BCUT2D eigenvalue weighted by molar-refractivity contribution is 7.89. The number of benzene rings is 1. The van der Waals surface area contributed by atoms with E-state index in [1.165, 1.54) is 16.9 Å². The molecule has 0 radical (unpaired) electrons. The molecule has 0 spiro atoms.